The molecule has 56 valence electrons. The largest absolute Gasteiger partial charge is 0.481 e. The molecule has 0 aliphatic heterocycles. The Morgan fingerprint density at radius 3 is 2.90 bits per heavy atom. The van der Waals surface area contributed by atoms with E-state index in [1.54, 1.807) is 13.3 Å². The van der Waals surface area contributed by atoms with Crippen molar-refractivity contribution in [1.82, 2.24) is 9.78 Å². The van der Waals surface area contributed by atoms with Gasteiger partial charge < -0.3 is 9.84 Å². The fourth-order valence-electron chi connectivity index (χ4n) is 0.835. The maximum atomic E-state index is 8.68. The number of aliphatic hydroxyl groups excluding tert-OH is 1. The molecule has 0 unspecified atom stereocenters. The van der Waals surface area contributed by atoms with E-state index in [9.17, 15) is 0 Å². The van der Waals surface area contributed by atoms with E-state index in [0.29, 0.717) is 5.88 Å². The Labute approximate surface area is 59.0 Å². The lowest BCUT2D eigenvalue weighted by Gasteiger charge is -2.01. The highest BCUT2D eigenvalue weighted by atomic mass is 16.5. The molecular formula is C6H10N2O2. The van der Waals surface area contributed by atoms with Gasteiger partial charge in [0.25, 0.3) is 0 Å². The average Bonchev–Trinajstić information content (AvgIpc) is 2.30. The van der Waals surface area contributed by atoms with E-state index in [2.05, 4.69) is 5.10 Å². The monoisotopic (exact) mass is 142 g/mol. The van der Waals surface area contributed by atoms with E-state index in [1.165, 1.54) is 4.68 Å². The first-order valence-electron chi connectivity index (χ1n) is 2.97. The minimum absolute atomic E-state index is 0.142. The number of hydrogen-bond donors (Lipinski definition) is 1. The van der Waals surface area contributed by atoms with E-state index < -0.39 is 0 Å². The van der Waals surface area contributed by atoms with Gasteiger partial charge in [-0.05, 0) is 6.92 Å². The topological polar surface area (TPSA) is 47.3 Å². The number of ether oxygens (including phenoxy) is 1. The molecule has 0 aliphatic carbocycles. The molecule has 0 amide bonds. The van der Waals surface area contributed by atoms with E-state index in [4.69, 9.17) is 9.84 Å². The van der Waals surface area contributed by atoms with Crippen LogP contribution in [0.3, 0.4) is 0 Å². The summed E-state index contributed by atoms with van der Waals surface area (Å²) in [6, 6.07) is 0. The van der Waals surface area contributed by atoms with Crippen LogP contribution in [0.2, 0.25) is 0 Å². The highest BCUT2D eigenvalue weighted by Crippen LogP contribution is 2.14. The Hall–Kier alpha value is -1.03. The van der Waals surface area contributed by atoms with E-state index in [0.717, 1.165) is 5.56 Å². The number of methoxy groups -OCH3 is 1. The van der Waals surface area contributed by atoms with Crippen LogP contribution in [0.5, 0.6) is 5.88 Å². The van der Waals surface area contributed by atoms with Gasteiger partial charge in [-0.25, -0.2) is 4.68 Å². The fourth-order valence-corrected chi connectivity index (χ4v) is 0.835. The van der Waals surface area contributed by atoms with Gasteiger partial charge in [-0.3, -0.25) is 0 Å². The van der Waals surface area contributed by atoms with Crippen LogP contribution in [-0.2, 0) is 6.73 Å². The minimum atomic E-state index is -0.142. The van der Waals surface area contributed by atoms with Gasteiger partial charge in [-0.2, -0.15) is 5.10 Å². The number of hydrogen-bond acceptors (Lipinski definition) is 3. The normalized spacial score (nSPS) is 9.90. The zero-order valence-corrected chi connectivity index (χ0v) is 6.03. The van der Waals surface area contributed by atoms with Crippen molar-refractivity contribution in [2.45, 2.75) is 13.7 Å². The van der Waals surface area contributed by atoms with Gasteiger partial charge in [0.2, 0.25) is 5.88 Å². The van der Waals surface area contributed by atoms with Gasteiger partial charge in [0.05, 0.1) is 13.3 Å². The van der Waals surface area contributed by atoms with E-state index >= 15 is 0 Å². The molecule has 1 aromatic heterocycles. The highest BCUT2D eigenvalue weighted by Gasteiger charge is 2.04. The lowest BCUT2D eigenvalue weighted by atomic mass is 10.4. The lowest BCUT2D eigenvalue weighted by molar-refractivity contribution is 0.178. The van der Waals surface area contributed by atoms with Crippen LogP contribution in [0.15, 0.2) is 6.20 Å². The van der Waals surface area contributed by atoms with Crippen LogP contribution in [0.1, 0.15) is 5.56 Å². The molecule has 4 heteroatoms. The van der Waals surface area contributed by atoms with Gasteiger partial charge in [0.1, 0.15) is 6.73 Å². The van der Waals surface area contributed by atoms with E-state index in [-0.39, 0.29) is 6.73 Å². The summed E-state index contributed by atoms with van der Waals surface area (Å²) in [5, 5.41) is 12.5. The second kappa shape index (κ2) is 2.70. The van der Waals surface area contributed by atoms with Crippen LogP contribution >= 0.6 is 0 Å². The first kappa shape index (κ1) is 7.08. The minimum Gasteiger partial charge on any atom is -0.481 e. The summed E-state index contributed by atoms with van der Waals surface area (Å²) >= 11 is 0. The standard InChI is InChI=1S/C6H10N2O2/c1-5-3-7-8(4-9)6(5)10-2/h3,9H,4H2,1-2H3. The van der Waals surface area contributed by atoms with Gasteiger partial charge in [-0.15, -0.1) is 0 Å². The van der Waals surface area contributed by atoms with Crippen molar-refractivity contribution in [3.63, 3.8) is 0 Å². The summed E-state index contributed by atoms with van der Waals surface area (Å²) in [7, 11) is 1.55. The van der Waals surface area contributed by atoms with Gasteiger partial charge in [0.15, 0.2) is 0 Å². The molecule has 0 aromatic carbocycles. The van der Waals surface area contributed by atoms with Crippen molar-refractivity contribution >= 4 is 0 Å². The average molecular weight is 142 g/mol. The third kappa shape index (κ3) is 0.974. The quantitative estimate of drug-likeness (QED) is 0.639. The molecular weight excluding hydrogens is 132 g/mol. The molecule has 10 heavy (non-hydrogen) atoms. The molecule has 0 saturated heterocycles. The van der Waals surface area contributed by atoms with Crippen molar-refractivity contribution in [1.29, 1.82) is 0 Å². The van der Waals surface area contributed by atoms with Crippen molar-refractivity contribution < 1.29 is 9.84 Å². The van der Waals surface area contributed by atoms with Crippen LogP contribution < -0.4 is 4.74 Å². The van der Waals surface area contributed by atoms with E-state index in [1.807, 2.05) is 6.92 Å². The molecule has 0 atom stereocenters. The summed E-state index contributed by atoms with van der Waals surface area (Å²) in [5.74, 6) is 0.613. The molecule has 0 saturated carbocycles. The summed E-state index contributed by atoms with van der Waals surface area (Å²) in [6.45, 7) is 1.73. The number of nitrogens with zero attached hydrogens (tertiary/aromatic N) is 2. The van der Waals surface area contributed by atoms with Crippen molar-refractivity contribution in [3.05, 3.63) is 11.8 Å². The first-order valence-corrected chi connectivity index (χ1v) is 2.97. The third-order valence-corrected chi connectivity index (χ3v) is 1.29. The van der Waals surface area contributed by atoms with Gasteiger partial charge >= 0.3 is 0 Å². The molecule has 0 radical (unpaired) electrons. The molecule has 1 aromatic rings. The highest BCUT2D eigenvalue weighted by molar-refractivity contribution is 5.21. The Morgan fingerprint density at radius 2 is 2.50 bits per heavy atom. The molecule has 1 rings (SSSR count). The summed E-state index contributed by atoms with van der Waals surface area (Å²) in [5.41, 5.74) is 0.927. The number of aryl methyl sites for hydroxylation is 1. The van der Waals surface area contributed by atoms with Crippen LogP contribution in [0.25, 0.3) is 0 Å². The zero-order valence-electron chi connectivity index (χ0n) is 6.03. The molecule has 1 heterocycles. The van der Waals surface area contributed by atoms with Crippen LogP contribution in [-0.4, -0.2) is 22.0 Å². The van der Waals surface area contributed by atoms with Crippen molar-refractivity contribution in [3.8, 4) is 5.88 Å². The lowest BCUT2D eigenvalue weighted by Crippen LogP contribution is -2.01. The molecule has 0 spiro atoms. The van der Waals surface area contributed by atoms with Gasteiger partial charge in [-0.1, -0.05) is 0 Å². The van der Waals surface area contributed by atoms with Crippen LogP contribution in [0.4, 0.5) is 0 Å². The van der Waals surface area contributed by atoms with Crippen molar-refractivity contribution in [2.75, 3.05) is 7.11 Å². The summed E-state index contributed by atoms with van der Waals surface area (Å²) in [4.78, 5) is 0. The SMILES string of the molecule is COc1c(C)cnn1CO. The molecule has 0 fully saturated rings. The molecule has 0 bridgehead atoms. The Kier molecular flexibility index (Phi) is 1.91. The third-order valence-electron chi connectivity index (χ3n) is 1.29. The van der Waals surface area contributed by atoms with Gasteiger partial charge in [0, 0.05) is 5.56 Å². The number of rotatable bonds is 2. The molecule has 0 aliphatic rings. The molecule has 4 nitrogen and oxygen atoms in total. The van der Waals surface area contributed by atoms with Crippen molar-refractivity contribution in [2.24, 2.45) is 0 Å². The number of aromatic nitrogens is 2. The summed E-state index contributed by atoms with van der Waals surface area (Å²) in [6.07, 6.45) is 1.65. The second-order valence-corrected chi connectivity index (χ2v) is 1.98. The van der Waals surface area contributed by atoms with Crippen LogP contribution in [0, 0.1) is 6.92 Å². The number of aliphatic hydroxyl groups is 1. The predicted octanol–water partition coefficient (Wildman–Crippen LogP) is 0.150. The Balaban J connectivity index is 3.01. The maximum absolute atomic E-state index is 8.68. The smallest absolute Gasteiger partial charge is 0.216 e. The fraction of sp³-hybridized carbons (Fsp3) is 0.500. The second-order valence-electron chi connectivity index (χ2n) is 1.98. The Bertz CT molecular complexity index is 220. The summed E-state index contributed by atoms with van der Waals surface area (Å²) < 4.78 is 6.33. The first-order chi connectivity index (χ1) is 4.79. The maximum Gasteiger partial charge on any atom is 0.216 e. The zero-order chi connectivity index (χ0) is 7.56. The Morgan fingerprint density at radius 1 is 1.80 bits per heavy atom. The molecule has 1 N–H and O–H groups in total. The predicted molar refractivity (Wildman–Crippen MR) is 35.7 cm³/mol.